The van der Waals surface area contributed by atoms with Crippen molar-refractivity contribution in [3.8, 4) is 68.2 Å². The molecule has 0 fully saturated rings. The minimum atomic E-state index is -0.352. The molecule has 0 saturated carbocycles. The lowest BCUT2D eigenvalue weighted by atomic mass is 9.78. The molecule has 0 radical (unpaired) electrons. The first kappa shape index (κ1) is 66.0. The van der Waals surface area contributed by atoms with Gasteiger partial charge < -0.3 is 19.4 Å². The van der Waals surface area contributed by atoms with Crippen LogP contribution in [-0.2, 0) is 31.1 Å². The van der Waals surface area contributed by atoms with Gasteiger partial charge in [0.1, 0.15) is 0 Å². The Hall–Kier alpha value is -9.50. The third-order valence-corrected chi connectivity index (χ3v) is 18.0. The number of H-pyrrole nitrogens is 2. The summed E-state index contributed by atoms with van der Waals surface area (Å²) in [5.74, 6) is 13.9. The Morgan fingerprint density at radius 2 is 0.734 bits per heavy atom. The number of fused-ring (bicyclic) bond motifs is 10. The van der Waals surface area contributed by atoms with Gasteiger partial charge in [-0.3, -0.25) is 0 Å². The number of ether oxygens (including phenoxy) is 2. The van der Waals surface area contributed by atoms with Crippen LogP contribution in [0.15, 0.2) is 133 Å². The number of benzene rings is 2. The Balaban J connectivity index is 1.23. The zero-order valence-electron chi connectivity index (χ0n) is 57.6. The van der Waals surface area contributed by atoms with E-state index >= 15 is 0 Å². The molecule has 8 bridgehead atoms. The zero-order chi connectivity index (χ0) is 66.7. The van der Waals surface area contributed by atoms with E-state index in [1.807, 2.05) is 72.8 Å². The third-order valence-electron chi connectivity index (χ3n) is 18.0. The monoisotopic (exact) mass is 1240 g/mol. The van der Waals surface area contributed by atoms with Crippen molar-refractivity contribution in [3.63, 3.8) is 0 Å². The summed E-state index contributed by atoms with van der Waals surface area (Å²) in [6.45, 7) is 32.2. The number of hydrogen-bond acceptors (Lipinski definition) is 6. The van der Waals surface area contributed by atoms with Crippen LogP contribution in [0.25, 0.3) is 90.9 Å². The normalized spacial score (nSPS) is 12.4. The van der Waals surface area contributed by atoms with Crippen LogP contribution in [0.1, 0.15) is 236 Å². The molecule has 2 aliphatic heterocycles. The van der Waals surface area contributed by atoms with E-state index in [0.717, 1.165) is 129 Å². The molecule has 0 unspecified atom stereocenters. The minimum Gasteiger partial charge on any atom is -0.462 e. The fourth-order valence-electron chi connectivity index (χ4n) is 12.3. The maximum atomic E-state index is 14.0. The average Bonchev–Trinajstić information content (AvgIpc) is 1.79. The van der Waals surface area contributed by atoms with Crippen molar-refractivity contribution in [3.05, 3.63) is 212 Å². The maximum absolute atomic E-state index is 14.0. The fraction of sp³-hybridized carbons (Fsp3) is 0.326. The first-order valence-corrected chi connectivity index (χ1v) is 33.8. The zero-order valence-corrected chi connectivity index (χ0v) is 57.6. The van der Waals surface area contributed by atoms with Gasteiger partial charge in [0.2, 0.25) is 0 Å². The topological polar surface area (TPSA) is 110 Å². The van der Waals surface area contributed by atoms with Crippen molar-refractivity contribution < 1.29 is 19.1 Å². The smallest absolute Gasteiger partial charge is 0.338 e. The molecule has 2 N–H and O–H groups in total. The van der Waals surface area contributed by atoms with Gasteiger partial charge in [0.15, 0.2) is 0 Å². The summed E-state index contributed by atoms with van der Waals surface area (Å²) in [6.07, 6.45) is 16.4. The molecule has 0 atom stereocenters. The highest BCUT2D eigenvalue weighted by atomic mass is 16.5. The molecular weight excluding hydrogens is 1150 g/mol. The summed E-state index contributed by atoms with van der Waals surface area (Å²) in [5, 5.41) is 0. The number of unbranched alkanes of at least 4 members (excludes halogenated alkanes) is 6. The van der Waals surface area contributed by atoms with Gasteiger partial charge in [0, 0.05) is 33.3 Å². The molecule has 3 aromatic heterocycles. The molecule has 478 valence electrons. The van der Waals surface area contributed by atoms with Gasteiger partial charge in [-0.2, -0.15) is 0 Å². The van der Waals surface area contributed by atoms with E-state index < -0.39 is 0 Å². The Morgan fingerprint density at radius 3 is 1.11 bits per heavy atom. The highest BCUT2D eigenvalue weighted by molar-refractivity contribution is 6.03. The van der Waals surface area contributed by atoms with Crippen LogP contribution in [0, 0.1) is 23.7 Å². The summed E-state index contributed by atoms with van der Waals surface area (Å²) < 4.78 is 11.9. The SMILES string of the molecule is CCCCCCOC(=O)c1cc(C#Cc2c3nc(c(-c4cc(C(C)(C)C)cc(C(C)(C)C)c4)c4nc(c(C#Cc5cc(C(=O)OCCCCCC)c6cccccc5-6)c5ccc([nH]5)c(-c5cc(C(C)(C)C)cc(C(C)(C)C)c5)c5ccc2[nH]5)C=C4)C=C3)c2cccccc1-2. The molecule has 6 aliphatic rings. The molecule has 0 saturated heterocycles. The number of nitrogens with one attached hydrogen (secondary N) is 2. The van der Waals surface area contributed by atoms with Gasteiger partial charge >= 0.3 is 11.9 Å². The summed E-state index contributed by atoms with van der Waals surface area (Å²) in [7, 11) is 0. The van der Waals surface area contributed by atoms with E-state index in [-0.39, 0.29) is 33.6 Å². The molecule has 0 amide bonds. The van der Waals surface area contributed by atoms with Crippen molar-refractivity contribution in [2.24, 2.45) is 0 Å². The van der Waals surface area contributed by atoms with Crippen LogP contribution >= 0.6 is 0 Å². The first-order valence-electron chi connectivity index (χ1n) is 33.8. The van der Waals surface area contributed by atoms with E-state index in [0.29, 0.717) is 58.0 Å². The predicted octanol–water partition coefficient (Wildman–Crippen LogP) is 21.7. The molecule has 11 rings (SSSR count). The van der Waals surface area contributed by atoms with Gasteiger partial charge in [-0.15, -0.1) is 0 Å². The highest BCUT2D eigenvalue weighted by Gasteiger charge is 2.28. The second kappa shape index (κ2) is 27.2. The van der Waals surface area contributed by atoms with Gasteiger partial charge in [0.25, 0.3) is 0 Å². The highest BCUT2D eigenvalue weighted by Crippen LogP contribution is 2.42. The Labute approximate surface area is 557 Å². The lowest BCUT2D eigenvalue weighted by molar-refractivity contribution is 0.0490. The minimum absolute atomic E-state index is 0.176. The number of hydrogen-bond donors (Lipinski definition) is 2. The molecule has 94 heavy (non-hydrogen) atoms. The number of nitrogens with zero attached hydrogens (tertiary/aromatic N) is 2. The molecule has 8 heteroatoms. The van der Waals surface area contributed by atoms with Crippen molar-refractivity contribution in [1.82, 2.24) is 19.9 Å². The second-order valence-corrected chi connectivity index (χ2v) is 29.4. The quantitative estimate of drug-likeness (QED) is 0.0638. The summed E-state index contributed by atoms with van der Waals surface area (Å²) >= 11 is 0. The molecule has 5 heterocycles. The van der Waals surface area contributed by atoms with E-state index in [9.17, 15) is 9.59 Å². The number of carbonyl (C=O) groups excluding carboxylic acids is 2. The van der Waals surface area contributed by atoms with Crippen molar-refractivity contribution in [1.29, 1.82) is 0 Å². The number of rotatable bonds is 14. The van der Waals surface area contributed by atoms with Crippen molar-refractivity contribution in [2.45, 2.75) is 170 Å². The third kappa shape index (κ3) is 14.5. The van der Waals surface area contributed by atoms with Gasteiger partial charge in [-0.1, -0.05) is 256 Å². The molecule has 0 spiro atoms. The average molecular weight is 1240 g/mol. The van der Waals surface area contributed by atoms with Gasteiger partial charge in [-0.05, 0) is 151 Å². The van der Waals surface area contributed by atoms with E-state index in [2.05, 4.69) is 216 Å². The summed E-state index contributed by atoms with van der Waals surface area (Å²) in [6, 6.07) is 46.1. The van der Waals surface area contributed by atoms with Crippen LogP contribution in [0.4, 0.5) is 0 Å². The Kier molecular flexibility index (Phi) is 19.1. The largest absolute Gasteiger partial charge is 0.462 e. The van der Waals surface area contributed by atoms with Crippen LogP contribution < -0.4 is 0 Å². The maximum Gasteiger partial charge on any atom is 0.338 e. The molecule has 2 aromatic carbocycles. The molecule has 4 aliphatic carbocycles. The van der Waals surface area contributed by atoms with E-state index in [1.54, 1.807) is 0 Å². The van der Waals surface area contributed by atoms with E-state index in [4.69, 9.17) is 19.4 Å². The second-order valence-electron chi connectivity index (χ2n) is 29.4. The number of aromatic nitrogens is 4. The fourth-order valence-corrected chi connectivity index (χ4v) is 12.3. The molecular formula is C86H90N4O4. The Bertz CT molecular complexity index is 4400. The number of carbonyl (C=O) groups is 2. The number of aromatic amines is 2. The predicted molar refractivity (Wildman–Crippen MR) is 391 cm³/mol. The lowest BCUT2D eigenvalue weighted by Gasteiger charge is -2.26. The molecule has 8 nitrogen and oxygen atoms in total. The standard InChI is InChI=1S/C86H90N4O4/c1-15-17-19-27-45-93-81(91)69-51-55(63-29-23-21-25-31-65(63)69)33-35-67-71-37-41-75(87-71)79(57-47-59(83(3,4)5)53-60(48-57)84(6,7)8)77-43-39-73(89-77)68(36-34-56-52-70(66-32-26-22-24-30-64(56)66)82(92)94-46-28-20-18-16-2)74-40-44-78(90-74)80(76-42-38-72(67)88-76)58-49-61(85(9,10)11)54-62(50-58)86(12,13)14/h21-26,29-32,37-44,47-54,87,89H,15-20,27-28,45-46H2,1-14H3. The number of esters is 2. The first-order chi connectivity index (χ1) is 44.9. The van der Waals surface area contributed by atoms with E-state index in [1.165, 1.54) is 22.3 Å². The van der Waals surface area contributed by atoms with Gasteiger partial charge in [-0.25, -0.2) is 19.6 Å². The lowest BCUT2D eigenvalue weighted by Crippen LogP contribution is -2.16. The summed E-state index contributed by atoms with van der Waals surface area (Å²) in [4.78, 5) is 47.2. The summed E-state index contributed by atoms with van der Waals surface area (Å²) in [5.41, 5.74) is 21.1. The Morgan fingerprint density at radius 1 is 0.383 bits per heavy atom. The van der Waals surface area contributed by atoms with Crippen molar-refractivity contribution in [2.75, 3.05) is 13.2 Å². The van der Waals surface area contributed by atoms with Crippen LogP contribution in [0.5, 0.6) is 0 Å². The van der Waals surface area contributed by atoms with Crippen LogP contribution in [-0.4, -0.2) is 45.1 Å². The van der Waals surface area contributed by atoms with Gasteiger partial charge in [0.05, 0.1) is 69.3 Å². The van der Waals surface area contributed by atoms with Crippen LogP contribution in [0.2, 0.25) is 0 Å². The van der Waals surface area contributed by atoms with Crippen LogP contribution in [0.3, 0.4) is 0 Å². The molecule has 5 aromatic rings. The van der Waals surface area contributed by atoms with Crippen molar-refractivity contribution >= 4 is 58.3 Å².